The number of pyridine rings is 1. The van der Waals surface area contributed by atoms with E-state index in [0.29, 0.717) is 19.1 Å². The molecule has 3 rings (SSSR count). The van der Waals surface area contributed by atoms with Crippen LogP contribution in [0, 0.1) is 0 Å². The maximum atomic E-state index is 12.9. The molecule has 12 heteroatoms. The van der Waals surface area contributed by atoms with Gasteiger partial charge in [0.1, 0.15) is 5.56 Å². The lowest BCUT2D eigenvalue weighted by Crippen LogP contribution is -2.30. The Balaban J connectivity index is 1.83. The summed E-state index contributed by atoms with van der Waals surface area (Å²) in [5.74, 6) is -0.631. The number of aromatic nitrogens is 1. The van der Waals surface area contributed by atoms with Crippen molar-refractivity contribution in [2.45, 2.75) is 37.4 Å². The van der Waals surface area contributed by atoms with E-state index < -0.39 is 33.1 Å². The van der Waals surface area contributed by atoms with Gasteiger partial charge in [0.15, 0.2) is 0 Å². The number of amides is 1. The lowest BCUT2D eigenvalue weighted by molar-refractivity contribution is -0.137. The Labute approximate surface area is 199 Å². The third kappa shape index (κ3) is 6.61. The van der Waals surface area contributed by atoms with Gasteiger partial charge in [-0.05, 0) is 56.7 Å². The van der Waals surface area contributed by atoms with Crippen molar-refractivity contribution in [3.8, 4) is 0 Å². The standard InChI is InChI=1S/C23H24F3N3O5S/c1-14(2)34-10-4-9-27-22(31)19-13-28-20-8-7-17(12-18(20)21(19)30)35(32,33)29-16-6-3-5-15(11-16)23(24,25)26/h3,5-8,11-14,29H,4,9-10H2,1-2H3,(H,27,31)(H,28,30). The van der Waals surface area contributed by atoms with E-state index in [4.69, 9.17) is 4.74 Å². The second-order valence-electron chi connectivity index (χ2n) is 7.95. The highest BCUT2D eigenvalue weighted by molar-refractivity contribution is 7.92. The zero-order valence-corrected chi connectivity index (χ0v) is 19.7. The number of rotatable bonds is 9. The van der Waals surface area contributed by atoms with Gasteiger partial charge in [-0.2, -0.15) is 13.2 Å². The molecule has 0 spiro atoms. The van der Waals surface area contributed by atoms with E-state index in [1.807, 2.05) is 13.8 Å². The van der Waals surface area contributed by atoms with Crippen molar-refractivity contribution in [3.05, 3.63) is 70.0 Å². The van der Waals surface area contributed by atoms with Crippen LogP contribution in [-0.4, -0.2) is 38.6 Å². The smallest absolute Gasteiger partial charge is 0.379 e. The maximum Gasteiger partial charge on any atom is 0.416 e. The fourth-order valence-electron chi connectivity index (χ4n) is 3.19. The summed E-state index contributed by atoms with van der Waals surface area (Å²) < 4.78 is 71.9. The molecular formula is C23H24F3N3O5S. The molecule has 188 valence electrons. The molecule has 1 amide bonds. The highest BCUT2D eigenvalue weighted by atomic mass is 32.2. The second-order valence-corrected chi connectivity index (χ2v) is 9.63. The van der Waals surface area contributed by atoms with Crippen LogP contribution in [0.4, 0.5) is 18.9 Å². The Hall–Kier alpha value is -3.38. The van der Waals surface area contributed by atoms with Crippen molar-refractivity contribution in [1.29, 1.82) is 0 Å². The summed E-state index contributed by atoms with van der Waals surface area (Å²) in [6.07, 6.45) is -2.81. The predicted molar refractivity (Wildman–Crippen MR) is 125 cm³/mol. The molecule has 0 aliphatic rings. The number of fused-ring (bicyclic) bond motifs is 1. The van der Waals surface area contributed by atoms with E-state index >= 15 is 0 Å². The molecule has 0 aliphatic heterocycles. The van der Waals surface area contributed by atoms with Gasteiger partial charge in [0.2, 0.25) is 5.43 Å². The minimum Gasteiger partial charge on any atom is -0.379 e. The van der Waals surface area contributed by atoms with Crippen LogP contribution in [0.2, 0.25) is 0 Å². The summed E-state index contributed by atoms with van der Waals surface area (Å²) >= 11 is 0. The number of anilines is 1. The number of carbonyl (C=O) groups is 1. The minimum atomic E-state index is -4.64. The Bertz CT molecular complexity index is 1390. The molecule has 35 heavy (non-hydrogen) atoms. The fourth-order valence-corrected chi connectivity index (χ4v) is 4.27. The average Bonchev–Trinajstić information content (AvgIpc) is 2.78. The first-order chi connectivity index (χ1) is 16.4. The van der Waals surface area contributed by atoms with Crippen molar-refractivity contribution < 1.29 is 31.1 Å². The Morgan fingerprint density at radius 2 is 1.89 bits per heavy atom. The lowest BCUT2D eigenvalue weighted by atomic mass is 10.1. The zero-order chi connectivity index (χ0) is 25.8. The summed E-state index contributed by atoms with van der Waals surface area (Å²) in [4.78, 5) is 27.8. The average molecular weight is 512 g/mol. The normalized spacial score (nSPS) is 12.2. The topological polar surface area (TPSA) is 117 Å². The molecule has 0 bridgehead atoms. The number of ether oxygens (including phenoxy) is 1. The van der Waals surface area contributed by atoms with Crippen LogP contribution >= 0.6 is 0 Å². The molecule has 0 unspecified atom stereocenters. The van der Waals surface area contributed by atoms with E-state index in [9.17, 15) is 31.2 Å². The quantitative estimate of drug-likeness (QED) is 0.377. The molecule has 2 aromatic carbocycles. The van der Waals surface area contributed by atoms with E-state index in [1.165, 1.54) is 24.4 Å². The number of aromatic amines is 1. The molecule has 0 atom stereocenters. The number of hydrogen-bond donors (Lipinski definition) is 3. The van der Waals surface area contributed by atoms with Crippen LogP contribution in [0.25, 0.3) is 10.9 Å². The minimum absolute atomic E-state index is 0.0579. The molecular weight excluding hydrogens is 487 g/mol. The maximum absolute atomic E-state index is 12.9. The van der Waals surface area contributed by atoms with E-state index in [2.05, 4.69) is 15.0 Å². The summed E-state index contributed by atoms with van der Waals surface area (Å²) in [5.41, 5.74) is -1.91. The fraction of sp³-hybridized carbons (Fsp3) is 0.304. The van der Waals surface area contributed by atoms with Crippen LogP contribution in [0.1, 0.15) is 36.2 Å². The number of halogens is 3. The van der Waals surface area contributed by atoms with Crippen molar-refractivity contribution in [3.63, 3.8) is 0 Å². The first kappa shape index (κ1) is 26.2. The molecule has 0 saturated carbocycles. The number of carbonyl (C=O) groups excluding carboxylic acids is 1. The number of benzene rings is 2. The lowest BCUT2D eigenvalue weighted by Gasteiger charge is -2.12. The van der Waals surface area contributed by atoms with Crippen LogP contribution in [0.15, 0.2) is 58.4 Å². The van der Waals surface area contributed by atoms with Crippen molar-refractivity contribution in [1.82, 2.24) is 10.3 Å². The largest absolute Gasteiger partial charge is 0.416 e. The van der Waals surface area contributed by atoms with E-state index in [1.54, 1.807) is 0 Å². The summed E-state index contributed by atoms with van der Waals surface area (Å²) in [5, 5.41) is 2.55. The number of H-pyrrole nitrogens is 1. The molecule has 1 heterocycles. The van der Waals surface area contributed by atoms with Crippen molar-refractivity contribution >= 4 is 32.5 Å². The van der Waals surface area contributed by atoms with Gasteiger partial charge in [-0.15, -0.1) is 0 Å². The Morgan fingerprint density at radius 1 is 1.14 bits per heavy atom. The summed E-state index contributed by atoms with van der Waals surface area (Å²) in [6.45, 7) is 4.48. The van der Waals surface area contributed by atoms with Crippen LogP contribution < -0.4 is 15.5 Å². The second kappa shape index (κ2) is 10.5. The Kier molecular flexibility index (Phi) is 7.86. The molecule has 8 nitrogen and oxygen atoms in total. The monoisotopic (exact) mass is 511 g/mol. The predicted octanol–water partition coefficient (Wildman–Crippen LogP) is 3.89. The van der Waals surface area contributed by atoms with Crippen LogP contribution in [0.5, 0.6) is 0 Å². The molecule has 3 N–H and O–H groups in total. The number of nitrogens with one attached hydrogen (secondary N) is 3. The first-order valence-electron chi connectivity index (χ1n) is 10.6. The van der Waals surface area contributed by atoms with Gasteiger partial charge in [-0.3, -0.25) is 14.3 Å². The van der Waals surface area contributed by atoms with Gasteiger partial charge in [0, 0.05) is 35.9 Å². The van der Waals surface area contributed by atoms with Crippen LogP contribution in [0.3, 0.4) is 0 Å². The van der Waals surface area contributed by atoms with Gasteiger partial charge in [-0.1, -0.05) is 6.07 Å². The number of hydrogen-bond acceptors (Lipinski definition) is 5. The highest BCUT2D eigenvalue weighted by Crippen LogP contribution is 2.31. The first-order valence-corrected chi connectivity index (χ1v) is 12.1. The van der Waals surface area contributed by atoms with Gasteiger partial charge in [0.25, 0.3) is 15.9 Å². The third-order valence-corrected chi connectivity index (χ3v) is 6.29. The Morgan fingerprint density at radius 3 is 2.57 bits per heavy atom. The zero-order valence-electron chi connectivity index (χ0n) is 18.9. The highest BCUT2D eigenvalue weighted by Gasteiger charge is 2.30. The van der Waals surface area contributed by atoms with E-state index in [0.717, 1.165) is 18.2 Å². The van der Waals surface area contributed by atoms with Gasteiger partial charge in [-0.25, -0.2) is 8.42 Å². The van der Waals surface area contributed by atoms with Crippen molar-refractivity contribution in [2.75, 3.05) is 17.9 Å². The van der Waals surface area contributed by atoms with Crippen LogP contribution in [-0.2, 0) is 20.9 Å². The van der Waals surface area contributed by atoms with Gasteiger partial charge >= 0.3 is 6.18 Å². The summed E-state index contributed by atoms with van der Waals surface area (Å²) in [7, 11) is -4.33. The number of sulfonamides is 1. The molecule has 0 fully saturated rings. The van der Waals surface area contributed by atoms with Gasteiger partial charge < -0.3 is 15.0 Å². The molecule has 3 aromatic rings. The van der Waals surface area contributed by atoms with Gasteiger partial charge in [0.05, 0.1) is 16.6 Å². The molecule has 0 aliphatic carbocycles. The molecule has 1 aromatic heterocycles. The number of alkyl halides is 3. The van der Waals surface area contributed by atoms with E-state index in [-0.39, 0.29) is 39.7 Å². The third-order valence-electron chi connectivity index (χ3n) is 4.91. The van der Waals surface area contributed by atoms with Crippen molar-refractivity contribution in [2.24, 2.45) is 0 Å². The molecule has 0 saturated heterocycles. The summed E-state index contributed by atoms with van der Waals surface area (Å²) in [6, 6.07) is 7.33. The SMILES string of the molecule is CC(C)OCCCNC(=O)c1c[nH]c2ccc(S(=O)(=O)Nc3cccc(C(F)(F)F)c3)cc2c1=O. The molecule has 0 radical (unpaired) electrons.